The van der Waals surface area contributed by atoms with Crippen molar-refractivity contribution in [2.45, 2.75) is 12.3 Å². The minimum Gasteiger partial charge on any atom is -0.351 e. The average molecular weight is 358 g/mol. The molecule has 0 aromatic heterocycles. The summed E-state index contributed by atoms with van der Waals surface area (Å²) in [5.41, 5.74) is 1.81. The van der Waals surface area contributed by atoms with E-state index in [0.717, 1.165) is 11.1 Å². The number of benzene rings is 2. The molecule has 0 aliphatic carbocycles. The minimum absolute atomic E-state index is 0.0700. The third-order valence-electron chi connectivity index (χ3n) is 2.91. The Hall–Kier alpha value is -1.23. The summed E-state index contributed by atoms with van der Waals surface area (Å²) in [5.74, 6) is 0.616. The van der Waals surface area contributed by atoms with E-state index in [9.17, 15) is 9.18 Å². The largest absolute Gasteiger partial charge is 0.351 e. The van der Waals surface area contributed by atoms with Crippen LogP contribution < -0.4 is 5.32 Å². The first kappa shape index (κ1) is 17.1. The zero-order valence-corrected chi connectivity index (χ0v) is 13.9. The number of hydrogen-bond donors (Lipinski definition) is 1. The van der Waals surface area contributed by atoms with Gasteiger partial charge in [0.1, 0.15) is 5.82 Å². The van der Waals surface area contributed by atoms with Crippen molar-refractivity contribution in [3.63, 3.8) is 0 Å². The molecule has 2 aromatic carbocycles. The van der Waals surface area contributed by atoms with E-state index in [-0.39, 0.29) is 11.7 Å². The van der Waals surface area contributed by atoms with E-state index in [1.807, 2.05) is 6.07 Å². The molecule has 0 aliphatic rings. The number of rotatable bonds is 6. The molecule has 2 rings (SSSR count). The van der Waals surface area contributed by atoms with Crippen LogP contribution in [0.2, 0.25) is 10.0 Å². The molecule has 0 fully saturated rings. The lowest BCUT2D eigenvalue weighted by molar-refractivity contribution is -0.118. The Morgan fingerprint density at radius 1 is 1.14 bits per heavy atom. The normalized spacial score (nSPS) is 10.5. The van der Waals surface area contributed by atoms with Crippen LogP contribution in [0.15, 0.2) is 42.5 Å². The molecule has 2 nitrogen and oxygen atoms in total. The summed E-state index contributed by atoms with van der Waals surface area (Å²) in [7, 11) is 0. The fourth-order valence-electron chi connectivity index (χ4n) is 1.75. The highest BCUT2D eigenvalue weighted by molar-refractivity contribution is 7.99. The Balaban J connectivity index is 1.72. The predicted octanol–water partition coefficient (Wildman–Crippen LogP) is 4.68. The summed E-state index contributed by atoms with van der Waals surface area (Å²) < 4.78 is 12.8. The van der Waals surface area contributed by atoms with Gasteiger partial charge in [0, 0.05) is 22.3 Å². The predicted molar refractivity (Wildman–Crippen MR) is 90.9 cm³/mol. The third-order valence-corrected chi connectivity index (χ3v) is 4.48. The van der Waals surface area contributed by atoms with E-state index in [4.69, 9.17) is 23.2 Å². The van der Waals surface area contributed by atoms with Gasteiger partial charge in [0.2, 0.25) is 5.91 Å². The molecule has 1 amide bonds. The molecule has 0 saturated carbocycles. The van der Waals surface area contributed by atoms with Crippen LogP contribution in [0.3, 0.4) is 0 Å². The summed E-state index contributed by atoms with van der Waals surface area (Å²) in [5, 5.41) is 3.99. The summed E-state index contributed by atoms with van der Waals surface area (Å²) in [6.07, 6.45) is 0. The first-order chi connectivity index (χ1) is 10.5. The SMILES string of the molecule is O=C(CSCc1ccc(Cl)cc1Cl)NCc1ccc(F)cc1. The lowest BCUT2D eigenvalue weighted by atomic mass is 10.2. The zero-order valence-electron chi connectivity index (χ0n) is 11.6. The van der Waals surface area contributed by atoms with E-state index >= 15 is 0 Å². The van der Waals surface area contributed by atoms with Crippen LogP contribution in [0.5, 0.6) is 0 Å². The second-order valence-electron chi connectivity index (χ2n) is 4.63. The third kappa shape index (κ3) is 5.52. The highest BCUT2D eigenvalue weighted by Gasteiger charge is 2.05. The molecule has 0 radical (unpaired) electrons. The number of halogens is 3. The average Bonchev–Trinajstić information content (AvgIpc) is 2.49. The second kappa shape index (κ2) is 8.42. The number of nitrogens with one attached hydrogen (secondary N) is 1. The van der Waals surface area contributed by atoms with Gasteiger partial charge in [0.25, 0.3) is 0 Å². The molecule has 116 valence electrons. The molecular weight excluding hydrogens is 344 g/mol. The van der Waals surface area contributed by atoms with Gasteiger partial charge in [-0.3, -0.25) is 4.79 Å². The molecule has 0 atom stereocenters. The Morgan fingerprint density at radius 3 is 2.55 bits per heavy atom. The molecule has 0 unspecified atom stereocenters. The van der Waals surface area contributed by atoms with E-state index in [0.29, 0.717) is 28.1 Å². The fourth-order valence-corrected chi connectivity index (χ4v) is 3.16. The van der Waals surface area contributed by atoms with E-state index in [1.54, 1.807) is 24.3 Å². The van der Waals surface area contributed by atoms with Gasteiger partial charge < -0.3 is 5.32 Å². The van der Waals surface area contributed by atoms with Crippen molar-refractivity contribution in [1.29, 1.82) is 0 Å². The Kier molecular flexibility index (Phi) is 6.55. The second-order valence-corrected chi connectivity index (χ2v) is 6.46. The smallest absolute Gasteiger partial charge is 0.230 e. The van der Waals surface area contributed by atoms with Crippen LogP contribution in [-0.2, 0) is 17.1 Å². The molecular formula is C16H14Cl2FNOS. The molecule has 0 spiro atoms. The van der Waals surface area contributed by atoms with Gasteiger partial charge in [-0.05, 0) is 35.4 Å². The Labute approximate surface area is 143 Å². The van der Waals surface area contributed by atoms with Gasteiger partial charge in [0.15, 0.2) is 0 Å². The van der Waals surface area contributed by atoms with Gasteiger partial charge in [-0.2, -0.15) is 0 Å². The van der Waals surface area contributed by atoms with Gasteiger partial charge in [-0.1, -0.05) is 41.4 Å². The quantitative estimate of drug-likeness (QED) is 0.812. The van der Waals surface area contributed by atoms with Gasteiger partial charge in [0.05, 0.1) is 5.75 Å². The highest BCUT2D eigenvalue weighted by Crippen LogP contribution is 2.24. The van der Waals surface area contributed by atoms with Crippen LogP contribution in [-0.4, -0.2) is 11.7 Å². The van der Waals surface area contributed by atoms with Crippen molar-refractivity contribution in [3.8, 4) is 0 Å². The van der Waals surface area contributed by atoms with Gasteiger partial charge in [-0.25, -0.2) is 4.39 Å². The van der Waals surface area contributed by atoms with Crippen LogP contribution >= 0.6 is 35.0 Å². The number of carbonyl (C=O) groups excluding carboxylic acids is 1. The highest BCUT2D eigenvalue weighted by atomic mass is 35.5. The van der Waals surface area contributed by atoms with Gasteiger partial charge in [-0.15, -0.1) is 11.8 Å². The van der Waals surface area contributed by atoms with Crippen LogP contribution in [0, 0.1) is 5.82 Å². The Bertz CT molecular complexity index is 649. The van der Waals surface area contributed by atoms with Crippen molar-refractivity contribution in [3.05, 3.63) is 69.5 Å². The lowest BCUT2D eigenvalue weighted by Crippen LogP contribution is -2.24. The standard InChI is InChI=1S/C16H14Cl2FNOS/c17-13-4-3-12(15(18)7-13)9-22-10-16(21)20-8-11-1-5-14(19)6-2-11/h1-7H,8-10H2,(H,20,21). The molecule has 0 heterocycles. The Morgan fingerprint density at radius 2 is 1.86 bits per heavy atom. The van der Waals surface area contributed by atoms with Crippen molar-refractivity contribution in [2.24, 2.45) is 0 Å². The number of amides is 1. The topological polar surface area (TPSA) is 29.1 Å². The zero-order chi connectivity index (χ0) is 15.9. The van der Waals surface area contributed by atoms with Crippen molar-refractivity contribution < 1.29 is 9.18 Å². The number of carbonyl (C=O) groups is 1. The van der Waals surface area contributed by atoms with Crippen LogP contribution in [0.4, 0.5) is 4.39 Å². The lowest BCUT2D eigenvalue weighted by Gasteiger charge is -2.07. The molecule has 0 aliphatic heterocycles. The monoisotopic (exact) mass is 357 g/mol. The van der Waals surface area contributed by atoms with E-state index < -0.39 is 0 Å². The first-order valence-electron chi connectivity index (χ1n) is 6.57. The van der Waals surface area contributed by atoms with Crippen molar-refractivity contribution in [1.82, 2.24) is 5.32 Å². The van der Waals surface area contributed by atoms with Gasteiger partial charge >= 0.3 is 0 Å². The molecule has 0 bridgehead atoms. The van der Waals surface area contributed by atoms with E-state index in [2.05, 4.69) is 5.32 Å². The number of thioether (sulfide) groups is 1. The van der Waals surface area contributed by atoms with Crippen molar-refractivity contribution in [2.75, 3.05) is 5.75 Å². The maximum absolute atomic E-state index is 12.8. The van der Waals surface area contributed by atoms with Crippen LogP contribution in [0.1, 0.15) is 11.1 Å². The summed E-state index contributed by atoms with van der Waals surface area (Å²) in [4.78, 5) is 11.8. The molecule has 1 N–H and O–H groups in total. The number of hydrogen-bond acceptors (Lipinski definition) is 2. The molecule has 6 heteroatoms. The summed E-state index contributed by atoms with van der Waals surface area (Å²) >= 11 is 13.4. The molecule has 22 heavy (non-hydrogen) atoms. The summed E-state index contributed by atoms with van der Waals surface area (Å²) in [6, 6.07) is 11.4. The van der Waals surface area contributed by atoms with E-state index in [1.165, 1.54) is 23.9 Å². The van der Waals surface area contributed by atoms with Crippen molar-refractivity contribution >= 4 is 40.9 Å². The minimum atomic E-state index is -0.287. The maximum Gasteiger partial charge on any atom is 0.230 e. The van der Waals surface area contributed by atoms with Crippen LogP contribution in [0.25, 0.3) is 0 Å². The maximum atomic E-state index is 12.8. The fraction of sp³-hybridized carbons (Fsp3) is 0.188. The first-order valence-corrected chi connectivity index (χ1v) is 8.48. The molecule has 0 saturated heterocycles. The summed E-state index contributed by atoms with van der Waals surface area (Å²) in [6.45, 7) is 0.390. The molecule has 2 aromatic rings.